The highest BCUT2D eigenvalue weighted by atomic mass is 19.1. The van der Waals surface area contributed by atoms with Crippen molar-refractivity contribution in [2.45, 2.75) is 64.5 Å². The maximum absolute atomic E-state index is 13.3. The van der Waals surface area contributed by atoms with Crippen molar-refractivity contribution < 1.29 is 18.8 Å². The molecule has 1 heterocycles. The summed E-state index contributed by atoms with van der Waals surface area (Å²) >= 11 is 0. The minimum atomic E-state index is -0.368. The molecule has 2 N–H and O–H groups in total. The van der Waals surface area contributed by atoms with Crippen LogP contribution in [0.4, 0.5) is 10.2 Å². The number of nitrogens with zero attached hydrogens (tertiary/aromatic N) is 2. The molecule has 0 saturated heterocycles. The average molecular weight is 455 g/mol. The minimum Gasteiger partial charge on any atom is -0.352 e. The smallest absolute Gasteiger partial charge is 0.239 e. The van der Waals surface area contributed by atoms with Gasteiger partial charge in [-0.2, -0.15) is 0 Å². The molecule has 0 bridgehead atoms. The maximum Gasteiger partial charge on any atom is 0.239 e. The van der Waals surface area contributed by atoms with E-state index in [4.69, 9.17) is 0 Å². The molecule has 1 aromatic heterocycles. The number of hydrogen-bond donors (Lipinski definition) is 2. The summed E-state index contributed by atoms with van der Waals surface area (Å²) in [4.78, 5) is 43.4. The van der Waals surface area contributed by atoms with E-state index in [-0.39, 0.29) is 55.5 Å². The van der Waals surface area contributed by atoms with Crippen molar-refractivity contribution in [3.63, 3.8) is 0 Å². The number of nitrogens with one attached hydrogen (secondary N) is 2. The van der Waals surface area contributed by atoms with Crippen LogP contribution in [0, 0.1) is 12.7 Å². The molecular formula is C25H31FN4O3. The summed E-state index contributed by atoms with van der Waals surface area (Å²) in [6.45, 7) is 1.96. The number of rotatable bonds is 9. The van der Waals surface area contributed by atoms with E-state index >= 15 is 0 Å². The van der Waals surface area contributed by atoms with Crippen molar-refractivity contribution in [2.75, 3.05) is 11.9 Å². The summed E-state index contributed by atoms with van der Waals surface area (Å²) < 4.78 is 13.3. The fourth-order valence-corrected chi connectivity index (χ4v) is 3.92. The van der Waals surface area contributed by atoms with E-state index in [0.717, 1.165) is 31.2 Å². The van der Waals surface area contributed by atoms with Crippen LogP contribution in [0.2, 0.25) is 0 Å². The molecule has 8 heteroatoms. The number of anilines is 1. The fraction of sp³-hybridized carbons (Fsp3) is 0.440. The Balaban J connectivity index is 1.58. The number of aryl methyl sites for hydroxylation is 1. The number of carbonyl (C=O) groups is 3. The van der Waals surface area contributed by atoms with Gasteiger partial charge in [0, 0.05) is 31.6 Å². The molecule has 1 saturated carbocycles. The lowest BCUT2D eigenvalue weighted by Gasteiger charge is -2.26. The quantitative estimate of drug-likeness (QED) is 0.604. The standard InChI is InChI=1S/C25H31FN4O3/c1-18-13-14-27-22(15-18)29-23(31)11-12-25(33)30(16-19-7-9-20(26)10-8-19)17-24(32)28-21-5-3-2-4-6-21/h7-10,13-15,21H,2-6,11-12,16-17H2,1H3,(H,28,32)(H,27,29,31). The van der Waals surface area contributed by atoms with Gasteiger partial charge in [0.05, 0.1) is 6.54 Å². The topological polar surface area (TPSA) is 91.4 Å². The average Bonchev–Trinajstić information content (AvgIpc) is 2.79. The van der Waals surface area contributed by atoms with E-state index in [0.29, 0.717) is 11.4 Å². The first-order valence-electron chi connectivity index (χ1n) is 11.4. The van der Waals surface area contributed by atoms with Crippen molar-refractivity contribution in [3.8, 4) is 0 Å². The summed E-state index contributed by atoms with van der Waals surface area (Å²) in [6, 6.07) is 9.53. The Labute approximate surface area is 193 Å². The van der Waals surface area contributed by atoms with Crippen LogP contribution in [-0.4, -0.2) is 40.2 Å². The number of aromatic nitrogens is 1. The van der Waals surface area contributed by atoms with E-state index in [1.165, 1.54) is 23.5 Å². The third kappa shape index (κ3) is 8.29. The SMILES string of the molecule is Cc1ccnc(NC(=O)CCC(=O)N(CC(=O)NC2CCCCC2)Cc2ccc(F)cc2)c1. The van der Waals surface area contributed by atoms with Crippen molar-refractivity contribution in [1.29, 1.82) is 0 Å². The highest BCUT2D eigenvalue weighted by Gasteiger charge is 2.21. The monoisotopic (exact) mass is 454 g/mol. The molecule has 33 heavy (non-hydrogen) atoms. The predicted molar refractivity (Wildman–Crippen MR) is 124 cm³/mol. The zero-order chi connectivity index (χ0) is 23.6. The van der Waals surface area contributed by atoms with Gasteiger partial charge in [0.2, 0.25) is 17.7 Å². The third-order valence-electron chi connectivity index (χ3n) is 5.69. The Bertz CT molecular complexity index is 958. The number of carbonyl (C=O) groups excluding carboxylic acids is 3. The van der Waals surface area contributed by atoms with E-state index in [1.807, 2.05) is 13.0 Å². The second kappa shape index (κ2) is 12.1. The van der Waals surface area contributed by atoms with Gasteiger partial charge < -0.3 is 15.5 Å². The van der Waals surface area contributed by atoms with Gasteiger partial charge in [-0.25, -0.2) is 9.37 Å². The summed E-state index contributed by atoms with van der Waals surface area (Å²) in [5.41, 5.74) is 1.68. The van der Waals surface area contributed by atoms with Gasteiger partial charge in [-0.05, 0) is 55.2 Å². The van der Waals surface area contributed by atoms with Crippen LogP contribution in [0.3, 0.4) is 0 Å². The Morgan fingerprint density at radius 3 is 2.45 bits per heavy atom. The van der Waals surface area contributed by atoms with E-state index in [2.05, 4.69) is 15.6 Å². The van der Waals surface area contributed by atoms with Gasteiger partial charge in [-0.3, -0.25) is 14.4 Å². The Kier molecular flexibility index (Phi) is 8.92. The third-order valence-corrected chi connectivity index (χ3v) is 5.69. The molecule has 3 amide bonds. The fourth-order valence-electron chi connectivity index (χ4n) is 3.92. The summed E-state index contributed by atoms with van der Waals surface area (Å²) in [5.74, 6) is -0.790. The molecule has 7 nitrogen and oxygen atoms in total. The lowest BCUT2D eigenvalue weighted by atomic mass is 9.95. The highest BCUT2D eigenvalue weighted by molar-refractivity contribution is 5.93. The molecule has 0 spiro atoms. The number of halogens is 1. The molecular weight excluding hydrogens is 423 g/mol. The Morgan fingerprint density at radius 2 is 1.76 bits per heavy atom. The number of hydrogen-bond acceptors (Lipinski definition) is 4. The van der Waals surface area contributed by atoms with Gasteiger partial charge in [0.15, 0.2) is 0 Å². The van der Waals surface area contributed by atoms with Crippen LogP contribution >= 0.6 is 0 Å². The van der Waals surface area contributed by atoms with Crippen LogP contribution < -0.4 is 10.6 Å². The zero-order valence-electron chi connectivity index (χ0n) is 19.0. The molecule has 1 aromatic carbocycles. The molecule has 0 unspecified atom stereocenters. The van der Waals surface area contributed by atoms with Crippen LogP contribution in [0.5, 0.6) is 0 Å². The molecule has 0 radical (unpaired) electrons. The highest BCUT2D eigenvalue weighted by Crippen LogP contribution is 2.17. The minimum absolute atomic E-state index is 0.0291. The molecule has 1 fully saturated rings. The Morgan fingerprint density at radius 1 is 1.03 bits per heavy atom. The molecule has 1 aliphatic rings. The van der Waals surface area contributed by atoms with E-state index < -0.39 is 0 Å². The summed E-state index contributed by atoms with van der Waals surface area (Å²) in [6.07, 6.45) is 6.79. The second-order valence-electron chi connectivity index (χ2n) is 8.55. The van der Waals surface area contributed by atoms with Crippen LogP contribution in [0.1, 0.15) is 56.1 Å². The van der Waals surface area contributed by atoms with Crippen molar-refractivity contribution in [3.05, 3.63) is 59.5 Å². The van der Waals surface area contributed by atoms with E-state index in [1.54, 1.807) is 24.4 Å². The van der Waals surface area contributed by atoms with E-state index in [9.17, 15) is 18.8 Å². The number of amides is 3. The van der Waals surface area contributed by atoms with Gasteiger partial charge >= 0.3 is 0 Å². The molecule has 2 aromatic rings. The van der Waals surface area contributed by atoms with Crippen molar-refractivity contribution in [1.82, 2.24) is 15.2 Å². The van der Waals surface area contributed by atoms with Gasteiger partial charge in [-0.1, -0.05) is 31.4 Å². The van der Waals surface area contributed by atoms with Gasteiger partial charge in [0.1, 0.15) is 11.6 Å². The summed E-state index contributed by atoms with van der Waals surface area (Å²) in [5, 5.41) is 5.71. The molecule has 0 aliphatic heterocycles. The first-order valence-corrected chi connectivity index (χ1v) is 11.4. The summed E-state index contributed by atoms with van der Waals surface area (Å²) in [7, 11) is 0. The number of benzene rings is 1. The van der Waals surface area contributed by atoms with Crippen LogP contribution in [0.25, 0.3) is 0 Å². The maximum atomic E-state index is 13.3. The molecule has 1 aliphatic carbocycles. The molecule has 0 atom stereocenters. The molecule has 3 rings (SSSR count). The van der Waals surface area contributed by atoms with Crippen molar-refractivity contribution >= 4 is 23.5 Å². The van der Waals surface area contributed by atoms with Gasteiger partial charge in [-0.15, -0.1) is 0 Å². The van der Waals surface area contributed by atoms with Crippen LogP contribution in [-0.2, 0) is 20.9 Å². The lowest BCUT2D eigenvalue weighted by molar-refractivity contribution is -0.137. The zero-order valence-corrected chi connectivity index (χ0v) is 19.0. The van der Waals surface area contributed by atoms with Gasteiger partial charge in [0.25, 0.3) is 0 Å². The number of pyridine rings is 1. The van der Waals surface area contributed by atoms with Crippen LogP contribution in [0.15, 0.2) is 42.6 Å². The largest absolute Gasteiger partial charge is 0.352 e. The lowest BCUT2D eigenvalue weighted by Crippen LogP contribution is -2.44. The predicted octanol–water partition coefficient (Wildman–Crippen LogP) is 3.73. The Hall–Kier alpha value is -3.29. The van der Waals surface area contributed by atoms with Crippen molar-refractivity contribution in [2.24, 2.45) is 0 Å². The second-order valence-corrected chi connectivity index (χ2v) is 8.55. The first kappa shape index (κ1) is 24.4. The normalized spacial score (nSPS) is 13.9. The molecule has 176 valence electrons. The first-order chi connectivity index (χ1) is 15.9.